The molecule has 2 aromatic rings. The molecular formula is C15H13BrClN. The number of anilines is 1. The Morgan fingerprint density at radius 2 is 1.78 bits per heavy atom. The van der Waals surface area contributed by atoms with Gasteiger partial charge in [0.1, 0.15) is 0 Å². The van der Waals surface area contributed by atoms with Crippen LogP contribution in [0.1, 0.15) is 11.5 Å². The third-order valence-electron chi connectivity index (χ3n) is 3.42. The van der Waals surface area contributed by atoms with Crippen LogP contribution in [0.15, 0.2) is 53.0 Å². The average Bonchev–Trinajstić information content (AvgIpc) is 2.33. The molecule has 3 rings (SSSR count). The maximum absolute atomic E-state index is 6.01. The van der Waals surface area contributed by atoms with Crippen molar-refractivity contribution < 1.29 is 0 Å². The van der Waals surface area contributed by atoms with Gasteiger partial charge in [-0.2, -0.15) is 0 Å². The molecular weight excluding hydrogens is 310 g/mol. The van der Waals surface area contributed by atoms with E-state index in [1.165, 1.54) is 11.3 Å². The summed E-state index contributed by atoms with van der Waals surface area (Å²) >= 11 is 9.47. The summed E-state index contributed by atoms with van der Waals surface area (Å²) < 4.78 is 0.963. The average molecular weight is 323 g/mol. The molecule has 1 fully saturated rings. The summed E-state index contributed by atoms with van der Waals surface area (Å²) in [5.74, 6) is 0.653. The highest BCUT2D eigenvalue weighted by Gasteiger charge is 2.28. The second-order valence-electron chi connectivity index (χ2n) is 4.61. The quantitative estimate of drug-likeness (QED) is 0.774. The minimum Gasteiger partial charge on any atom is -0.370 e. The van der Waals surface area contributed by atoms with Crippen molar-refractivity contribution in [1.82, 2.24) is 0 Å². The van der Waals surface area contributed by atoms with E-state index in [0.29, 0.717) is 5.92 Å². The molecule has 0 aliphatic carbocycles. The second-order valence-corrected chi connectivity index (χ2v) is 5.87. The standard InChI is InChI=1S/C15H13BrClN/c16-14-8-13(6-7-15(14)17)18-9-12(10-18)11-4-2-1-3-5-11/h1-8,12H,9-10H2. The fourth-order valence-electron chi connectivity index (χ4n) is 2.31. The molecule has 1 saturated heterocycles. The van der Waals surface area contributed by atoms with Crippen LogP contribution in [0.5, 0.6) is 0 Å². The van der Waals surface area contributed by atoms with Crippen molar-refractivity contribution in [2.45, 2.75) is 5.92 Å². The zero-order valence-corrected chi connectivity index (χ0v) is 12.2. The topological polar surface area (TPSA) is 3.24 Å². The van der Waals surface area contributed by atoms with E-state index in [1.54, 1.807) is 0 Å². The minimum atomic E-state index is 0.653. The molecule has 0 bridgehead atoms. The predicted octanol–water partition coefficient (Wildman–Crippen LogP) is 4.71. The van der Waals surface area contributed by atoms with Crippen molar-refractivity contribution in [3.63, 3.8) is 0 Å². The van der Waals surface area contributed by atoms with Gasteiger partial charge in [0.05, 0.1) is 5.02 Å². The van der Waals surface area contributed by atoms with Crippen LogP contribution < -0.4 is 4.90 Å². The predicted molar refractivity (Wildman–Crippen MR) is 80.5 cm³/mol. The first-order chi connectivity index (χ1) is 8.74. The first-order valence-electron chi connectivity index (χ1n) is 5.99. The second kappa shape index (κ2) is 4.94. The zero-order chi connectivity index (χ0) is 12.5. The number of rotatable bonds is 2. The van der Waals surface area contributed by atoms with E-state index in [-0.39, 0.29) is 0 Å². The molecule has 0 aromatic heterocycles. The monoisotopic (exact) mass is 321 g/mol. The molecule has 0 N–H and O–H groups in total. The summed E-state index contributed by atoms with van der Waals surface area (Å²) in [6.45, 7) is 2.16. The summed E-state index contributed by atoms with van der Waals surface area (Å²) in [6, 6.07) is 16.8. The van der Waals surface area contributed by atoms with Gasteiger partial charge in [-0.25, -0.2) is 0 Å². The largest absolute Gasteiger partial charge is 0.370 e. The Hall–Kier alpha value is -0.990. The third kappa shape index (κ3) is 2.27. The normalized spacial score (nSPS) is 15.6. The van der Waals surface area contributed by atoms with Gasteiger partial charge in [0.15, 0.2) is 0 Å². The van der Waals surface area contributed by atoms with E-state index >= 15 is 0 Å². The number of hydrogen-bond donors (Lipinski definition) is 0. The Balaban J connectivity index is 1.70. The summed E-state index contributed by atoms with van der Waals surface area (Å²) in [5.41, 5.74) is 2.67. The lowest BCUT2D eigenvalue weighted by Gasteiger charge is -2.41. The van der Waals surface area contributed by atoms with Gasteiger partial charge in [-0.15, -0.1) is 0 Å². The molecule has 0 unspecified atom stereocenters. The Morgan fingerprint density at radius 3 is 2.44 bits per heavy atom. The summed E-state index contributed by atoms with van der Waals surface area (Å²) in [6.07, 6.45) is 0. The summed E-state index contributed by atoms with van der Waals surface area (Å²) in [4.78, 5) is 2.37. The Labute approximate surface area is 121 Å². The van der Waals surface area contributed by atoms with Crippen molar-refractivity contribution >= 4 is 33.2 Å². The Bertz CT molecular complexity index is 550. The van der Waals surface area contributed by atoms with Crippen LogP contribution in [0.25, 0.3) is 0 Å². The lowest BCUT2D eigenvalue weighted by molar-refractivity contribution is 0.525. The van der Waals surface area contributed by atoms with Crippen LogP contribution in [0, 0.1) is 0 Å². The molecule has 1 heterocycles. The fraction of sp³-hybridized carbons (Fsp3) is 0.200. The van der Waals surface area contributed by atoms with Gasteiger partial charge >= 0.3 is 0 Å². The van der Waals surface area contributed by atoms with Gasteiger partial charge in [-0.3, -0.25) is 0 Å². The van der Waals surface area contributed by atoms with Crippen LogP contribution in [0.3, 0.4) is 0 Å². The molecule has 0 radical (unpaired) electrons. The van der Waals surface area contributed by atoms with Crippen LogP contribution >= 0.6 is 27.5 Å². The van der Waals surface area contributed by atoms with E-state index in [2.05, 4.69) is 63.3 Å². The van der Waals surface area contributed by atoms with Crippen molar-refractivity contribution in [2.75, 3.05) is 18.0 Å². The third-order valence-corrected chi connectivity index (χ3v) is 4.63. The maximum atomic E-state index is 6.01. The molecule has 1 aliphatic rings. The van der Waals surface area contributed by atoms with E-state index in [9.17, 15) is 0 Å². The van der Waals surface area contributed by atoms with Crippen LogP contribution in [0.2, 0.25) is 5.02 Å². The van der Waals surface area contributed by atoms with Crippen LogP contribution in [-0.2, 0) is 0 Å². The summed E-state index contributed by atoms with van der Waals surface area (Å²) in [7, 11) is 0. The zero-order valence-electron chi connectivity index (χ0n) is 9.81. The number of hydrogen-bond acceptors (Lipinski definition) is 1. The van der Waals surface area contributed by atoms with Crippen LogP contribution in [0.4, 0.5) is 5.69 Å². The fourth-order valence-corrected chi connectivity index (χ4v) is 2.79. The van der Waals surface area contributed by atoms with Gasteiger partial charge in [0.25, 0.3) is 0 Å². The van der Waals surface area contributed by atoms with Crippen LogP contribution in [-0.4, -0.2) is 13.1 Å². The van der Waals surface area contributed by atoms with E-state index in [1.807, 2.05) is 6.07 Å². The van der Waals surface area contributed by atoms with E-state index < -0.39 is 0 Å². The molecule has 3 heteroatoms. The van der Waals surface area contributed by atoms with E-state index in [4.69, 9.17) is 11.6 Å². The maximum Gasteiger partial charge on any atom is 0.0549 e. The molecule has 0 amide bonds. The van der Waals surface area contributed by atoms with Crippen molar-refractivity contribution in [1.29, 1.82) is 0 Å². The number of nitrogens with zero attached hydrogens (tertiary/aromatic N) is 1. The van der Waals surface area contributed by atoms with Crippen molar-refractivity contribution in [3.05, 3.63) is 63.6 Å². The number of halogens is 2. The molecule has 1 aliphatic heterocycles. The molecule has 1 nitrogen and oxygen atoms in total. The smallest absolute Gasteiger partial charge is 0.0549 e. The van der Waals surface area contributed by atoms with Gasteiger partial charge in [-0.05, 0) is 39.7 Å². The molecule has 0 spiro atoms. The number of benzene rings is 2. The SMILES string of the molecule is Clc1ccc(N2CC(c3ccccc3)C2)cc1Br. The van der Waals surface area contributed by atoms with Gasteiger partial charge in [0, 0.05) is 29.2 Å². The lowest BCUT2D eigenvalue weighted by Crippen LogP contribution is -2.45. The molecule has 2 aromatic carbocycles. The lowest BCUT2D eigenvalue weighted by atomic mass is 9.91. The van der Waals surface area contributed by atoms with Gasteiger partial charge in [-0.1, -0.05) is 41.9 Å². The Morgan fingerprint density at radius 1 is 1.06 bits per heavy atom. The summed E-state index contributed by atoms with van der Waals surface area (Å²) in [5, 5.41) is 0.763. The molecule has 92 valence electrons. The molecule has 0 atom stereocenters. The van der Waals surface area contributed by atoms with Gasteiger partial charge < -0.3 is 4.90 Å². The van der Waals surface area contributed by atoms with E-state index in [0.717, 1.165) is 22.6 Å². The highest BCUT2D eigenvalue weighted by molar-refractivity contribution is 9.10. The minimum absolute atomic E-state index is 0.653. The highest BCUT2D eigenvalue weighted by atomic mass is 79.9. The first-order valence-corrected chi connectivity index (χ1v) is 7.16. The molecule has 18 heavy (non-hydrogen) atoms. The first kappa shape index (κ1) is 12.1. The van der Waals surface area contributed by atoms with Crippen molar-refractivity contribution in [2.24, 2.45) is 0 Å². The van der Waals surface area contributed by atoms with Gasteiger partial charge in [0.2, 0.25) is 0 Å². The molecule has 0 saturated carbocycles. The Kier molecular flexibility index (Phi) is 3.31. The van der Waals surface area contributed by atoms with Crippen molar-refractivity contribution in [3.8, 4) is 0 Å². The highest BCUT2D eigenvalue weighted by Crippen LogP contribution is 2.34.